The van der Waals surface area contributed by atoms with E-state index in [0.717, 1.165) is 19.6 Å². The maximum Gasteiger partial charge on any atom is 0.239 e. The molecule has 17 heavy (non-hydrogen) atoms. The van der Waals surface area contributed by atoms with Gasteiger partial charge in [-0.2, -0.15) is 0 Å². The number of rotatable bonds is 3. The van der Waals surface area contributed by atoms with Crippen molar-refractivity contribution in [3.05, 3.63) is 11.8 Å². The van der Waals surface area contributed by atoms with E-state index < -0.39 is 0 Å². The van der Waals surface area contributed by atoms with Crippen LogP contribution in [-0.2, 0) is 4.79 Å². The number of hydrogen-bond acceptors (Lipinski definition) is 5. The van der Waals surface area contributed by atoms with Crippen molar-refractivity contribution in [1.29, 1.82) is 0 Å². The average Bonchev–Trinajstić information content (AvgIpc) is 2.67. The molecule has 1 aliphatic heterocycles. The van der Waals surface area contributed by atoms with Crippen LogP contribution in [-0.4, -0.2) is 48.2 Å². The fourth-order valence-electron chi connectivity index (χ4n) is 1.91. The summed E-state index contributed by atoms with van der Waals surface area (Å²) in [6, 6.07) is 2.09. The molecule has 0 bridgehead atoms. The molecular formula is C11H18N4O2. The van der Waals surface area contributed by atoms with E-state index in [0.29, 0.717) is 24.2 Å². The van der Waals surface area contributed by atoms with Crippen LogP contribution in [0.4, 0.5) is 5.82 Å². The molecular weight excluding hydrogens is 220 g/mol. The molecule has 1 atom stereocenters. The first kappa shape index (κ1) is 12.1. The second-order valence-corrected chi connectivity index (χ2v) is 4.39. The van der Waals surface area contributed by atoms with E-state index in [1.54, 1.807) is 13.0 Å². The Kier molecular flexibility index (Phi) is 3.75. The fraction of sp³-hybridized carbons (Fsp3) is 0.636. The summed E-state index contributed by atoms with van der Waals surface area (Å²) in [5, 5.41) is 9.74. The highest BCUT2D eigenvalue weighted by Crippen LogP contribution is 2.08. The molecule has 2 N–H and O–H groups in total. The zero-order chi connectivity index (χ0) is 12.3. The molecule has 1 aromatic heterocycles. The molecule has 6 heteroatoms. The molecule has 0 saturated carbocycles. The van der Waals surface area contributed by atoms with E-state index in [2.05, 4.69) is 27.6 Å². The van der Waals surface area contributed by atoms with Gasteiger partial charge in [-0.3, -0.25) is 9.69 Å². The average molecular weight is 238 g/mol. The lowest BCUT2D eigenvalue weighted by Gasteiger charge is -2.33. The predicted molar refractivity (Wildman–Crippen MR) is 63.8 cm³/mol. The van der Waals surface area contributed by atoms with Crippen LogP contribution in [0.5, 0.6) is 0 Å². The summed E-state index contributed by atoms with van der Waals surface area (Å²) in [4.78, 5) is 13.9. The third kappa shape index (κ3) is 3.28. The van der Waals surface area contributed by atoms with E-state index in [1.807, 2.05) is 0 Å². The minimum absolute atomic E-state index is 0.0490. The van der Waals surface area contributed by atoms with Crippen LogP contribution in [0.3, 0.4) is 0 Å². The summed E-state index contributed by atoms with van der Waals surface area (Å²) in [7, 11) is 0. The van der Waals surface area contributed by atoms with Crippen molar-refractivity contribution in [2.45, 2.75) is 19.9 Å². The van der Waals surface area contributed by atoms with Crippen molar-refractivity contribution in [2.24, 2.45) is 0 Å². The second kappa shape index (κ2) is 5.29. The SMILES string of the molecule is Cc1cc(NC(=O)CN2CCNC[C@H]2C)no1. The normalized spacial score (nSPS) is 21.4. The van der Waals surface area contributed by atoms with Gasteiger partial charge in [0.15, 0.2) is 5.82 Å². The van der Waals surface area contributed by atoms with Gasteiger partial charge in [0.05, 0.1) is 6.54 Å². The van der Waals surface area contributed by atoms with Crippen LogP contribution in [0.1, 0.15) is 12.7 Å². The van der Waals surface area contributed by atoms with Gasteiger partial charge in [-0.15, -0.1) is 0 Å². The summed E-state index contributed by atoms with van der Waals surface area (Å²) in [5.74, 6) is 1.12. The molecule has 6 nitrogen and oxygen atoms in total. The topological polar surface area (TPSA) is 70.4 Å². The molecule has 0 aliphatic carbocycles. The lowest BCUT2D eigenvalue weighted by Crippen LogP contribution is -2.52. The molecule has 0 radical (unpaired) electrons. The number of carbonyl (C=O) groups excluding carboxylic acids is 1. The Morgan fingerprint density at radius 1 is 1.76 bits per heavy atom. The first-order valence-electron chi connectivity index (χ1n) is 5.83. The number of piperazine rings is 1. The van der Waals surface area contributed by atoms with E-state index in [9.17, 15) is 4.79 Å². The predicted octanol–water partition coefficient (Wildman–Crippen LogP) is 0.215. The Hall–Kier alpha value is -1.40. The quantitative estimate of drug-likeness (QED) is 0.788. The van der Waals surface area contributed by atoms with Crippen molar-refractivity contribution in [3.63, 3.8) is 0 Å². The molecule has 2 rings (SSSR count). The van der Waals surface area contributed by atoms with E-state index in [-0.39, 0.29) is 5.91 Å². The van der Waals surface area contributed by atoms with E-state index in [4.69, 9.17) is 4.52 Å². The van der Waals surface area contributed by atoms with Gasteiger partial charge in [0.2, 0.25) is 5.91 Å². The lowest BCUT2D eigenvalue weighted by molar-refractivity contribution is -0.118. The van der Waals surface area contributed by atoms with Crippen LogP contribution in [0.15, 0.2) is 10.6 Å². The third-order valence-electron chi connectivity index (χ3n) is 2.88. The number of anilines is 1. The number of carbonyl (C=O) groups is 1. The van der Waals surface area contributed by atoms with Crippen LogP contribution >= 0.6 is 0 Å². The molecule has 2 heterocycles. The third-order valence-corrected chi connectivity index (χ3v) is 2.88. The maximum absolute atomic E-state index is 11.8. The summed E-state index contributed by atoms with van der Waals surface area (Å²) < 4.78 is 4.89. The molecule has 1 fully saturated rings. The van der Waals surface area contributed by atoms with Crippen molar-refractivity contribution in [2.75, 3.05) is 31.5 Å². The number of nitrogens with one attached hydrogen (secondary N) is 2. The van der Waals surface area contributed by atoms with E-state index in [1.165, 1.54) is 0 Å². The molecule has 0 spiro atoms. The van der Waals surface area contributed by atoms with Gasteiger partial charge in [0, 0.05) is 31.7 Å². The Balaban J connectivity index is 1.84. The van der Waals surface area contributed by atoms with Crippen LogP contribution < -0.4 is 10.6 Å². The van der Waals surface area contributed by atoms with Gasteiger partial charge in [-0.05, 0) is 13.8 Å². The first-order chi connectivity index (χ1) is 8.15. The Morgan fingerprint density at radius 3 is 3.24 bits per heavy atom. The summed E-state index contributed by atoms with van der Waals surface area (Å²) in [6.07, 6.45) is 0. The van der Waals surface area contributed by atoms with Crippen molar-refractivity contribution < 1.29 is 9.32 Å². The van der Waals surface area contributed by atoms with Crippen molar-refractivity contribution in [1.82, 2.24) is 15.4 Å². The van der Waals surface area contributed by atoms with Crippen LogP contribution in [0.2, 0.25) is 0 Å². The number of nitrogens with zero attached hydrogens (tertiary/aromatic N) is 2. The van der Waals surface area contributed by atoms with Crippen molar-refractivity contribution in [3.8, 4) is 0 Å². The van der Waals surface area contributed by atoms with Gasteiger partial charge >= 0.3 is 0 Å². The Bertz CT molecular complexity index is 391. The van der Waals surface area contributed by atoms with Crippen molar-refractivity contribution >= 4 is 11.7 Å². The van der Waals surface area contributed by atoms with Crippen LogP contribution in [0.25, 0.3) is 0 Å². The zero-order valence-electron chi connectivity index (χ0n) is 10.2. The highest BCUT2D eigenvalue weighted by Gasteiger charge is 2.20. The number of aromatic nitrogens is 1. The van der Waals surface area contributed by atoms with E-state index >= 15 is 0 Å². The van der Waals surface area contributed by atoms with Gasteiger partial charge in [-0.1, -0.05) is 5.16 Å². The molecule has 0 aromatic carbocycles. The highest BCUT2D eigenvalue weighted by atomic mass is 16.5. The standard InChI is InChI=1S/C11H18N4O2/c1-8-6-12-3-4-15(8)7-11(16)13-10-5-9(2)17-14-10/h5,8,12H,3-4,6-7H2,1-2H3,(H,13,14,16)/t8-/m1/s1. The van der Waals surface area contributed by atoms with Gasteiger partial charge in [-0.25, -0.2) is 0 Å². The molecule has 1 saturated heterocycles. The number of aryl methyl sites for hydroxylation is 1. The minimum atomic E-state index is -0.0490. The molecule has 1 amide bonds. The molecule has 94 valence electrons. The second-order valence-electron chi connectivity index (χ2n) is 4.39. The fourth-order valence-corrected chi connectivity index (χ4v) is 1.91. The first-order valence-corrected chi connectivity index (χ1v) is 5.83. The van der Waals surface area contributed by atoms with Crippen LogP contribution in [0, 0.1) is 6.92 Å². The number of amides is 1. The van der Waals surface area contributed by atoms with Gasteiger partial charge in [0.1, 0.15) is 5.76 Å². The smallest absolute Gasteiger partial charge is 0.239 e. The molecule has 1 aliphatic rings. The monoisotopic (exact) mass is 238 g/mol. The molecule has 0 unspecified atom stereocenters. The Morgan fingerprint density at radius 2 is 2.59 bits per heavy atom. The number of hydrogen-bond donors (Lipinski definition) is 2. The largest absolute Gasteiger partial charge is 0.360 e. The van der Waals surface area contributed by atoms with Gasteiger partial charge in [0.25, 0.3) is 0 Å². The maximum atomic E-state index is 11.8. The minimum Gasteiger partial charge on any atom is -0.360 e. The Labute approximate surface area is 100 Å². The van der Waals surface area contributed by atoms with Gasteiger partial charge < -0.3 is 15.2 Å². The summed E-state index contributed by atoms with van der Waals surface area (Å²) in [5.41, 5.74) is 0. The zero-order valence-corrected chi connectivity index (χ0v) is 10.2. The lowest BCUT2D eigenvalue weighted by atomic mass is 10.2. The summed E-state index contributed by atoms with van der Waals surface area (Å²) >= 11 is 0. The molecule has 1 aromatic rings. The summed E-state index contributed by atoms with van der Waals surface area (Å²) in [6.45, 7) is 7.05. The highest BCUT2D eigenvalue weighted by molar-refractivity contribution is 5.91.